The van der Waals surface area contributed by atoms with Crippen molar-refractivity contribution in [2.45, 2.75) is 43.8 Å². The molecule has 0 radical (unpaired) electrons. The topological polar surface area (TPSA) is 142 Å². The predicted octanol–water partition coefficient (Wildman–Crippen LogP) is 0.476. The average molecular weight is 467 g/mol. The van der Waals surface area contributed by atoms with E-state index >= 15 is 0 Å². The highest BCUT2D eigenvalue weighted by molar-refractivity contribution is 5.93. The molecule has 1 saturated heterocycles. The Morgan fingerprint density at radius 1 is 0.941 bits per heavy atom. The van der Waals surface area contributed by atoms with Crippen LogP contribution >= 0.6 is 0 Å². The molecule has 0 bridgehead atoms. The first kappa shape index (κ1) is 24.9. The summed E-state index contributed by atoms with van der Waals surface area (Å²) in [6.45, 7) is -0.00989. The Morgan fingerprint density at radius 3 is 2.12 bits per heavy atom. The normalized spacial score (nSPS) is 17.0. The largest absolute Gasteiger partial charge is 0.480 e. The zero-order valence-corrected chi connectivity index (χ0v) is 18.9. The fourth-order valence-corrected chi connectivity index (χ4v) is 4.01. The molecule has 9 nitrogen and oxygen atoms in total. The summed E-state index contributed by atoms with van der Waals surface area (Å²) >= 11 is 0. The molecule has 3 unspecified atom stereocenters. The van der Waals surface area contributed by atoms with Crippen molar-refractivity contribution in [2.75, 3.05) is 13.1 Å². The lowest BCUT2D eigenvalue weighted by molar-refractivity contribution is -0.148. The summed E-state index contributed by atoms with van der Waals surface area (Å²) in [5.41, 5.74) is 7.81. The average Bonchev–Trinajstić information content (AvgIpc) is 3.34. The first-order valence-electron chi connectivity index (χ1n) is 11.3. The summed E-state index contributed by atoms with van der Waals surface area (Å²) in [6.07, 6.45) is 1.52. The minimum absolute atomic E-state index is 0.214. The number of hydrogen-bond acceptors (Lipinski definition) is 5. The number of likely N-dealkylation sites (tertiary alicyclic amines) is 1. The maximum Gasteiger partial charge on any atom is 0.326 e. The van der Waals surface area contributed by atoms with Crippen LogP contribution in [0.1, 0.15) is 24.0 Å². The number of nitrogens with one attached hydrogen (secondary N) is 2. The Hall–Kier alpha value is -3.72. The van der Waals surface area contributed by atoms with Gasteiger partial charge in [0, 0.05) is 13.0 Å². The molecule has 1 aliphatic heterocycles. The summed E-state index contributed by atoms with van der Waals surface area (Å²) in [7, 11) is 0. The van der Waals surface area contributed by atoms with Crippen molar-refractivity contribution >= 4 is 23.7 Å². The predicted molar refractivity (Wildman–Crippen MR) is 126 cm³/mol. The first-order valence-corrected chi connectivity index (χ1v) is 11.3. The molecule has 9 heteroatoms. The molecule has 34 heavy (non-hydrogen) atoms. The number of hydrogen-bond donors (Lipinski definition) is 4. The minimum Gasteiger partial charge on any atom is -0.480 e. The molecular formula is C25H30N4O5. The number of carboxylic acid groups (broad SMARTS) is 1. The summed E-state index contributed by atoms with van der Waals surface area (Å²) in [5.74, 6) is -2.54. The Labute approximate surface area is 198 Å². The van der Waals surface area contributed by atoms with Crippen LogP contribution in [0.15, 0.2) is 60.7 Å². The van der Waals surface area contributed by atoms with E-state index in [2.05, 4.69) is 10.6 Å². The Kier molecular flexibility index (Phi) is 8.75. The van der Waals surface area contributed by atoms with Crippen LogP contribution in [0.4, 0.5) is 0 Å². The van der Waals surface area contributed by atoms with E-state index in [1.807, 2.05) is 60.7 Å². The van der Waals surface area contributed by atoms with E-state index < -0.39 is 41.8 Å². The number of aliphatic carboxylic acids is 1. The van der Waals surface area contributed by atoms with Crippen molar-refractivity contribution < 1.29 is 24.3 Å². The number of amides is 3. The number of rotatable bonds is 10. The van der Waals surface area contributed by atoms with Gasteiger partial charge in [0.15, 0.2) is 0 Å². The van der Waals surface area contributed by atoms with Crippen LogP contribution in [0.2, 0.25) is 0 Å². The standard InChI is InChI=1S/C25H30N4O5/c26-19(14-17-8-3-1-4-9-17)23(31)28-20(15-18-10-5-2-6-11-18)24(32)27-16-22(30)29-13-7-12-21(29)25(33)34/h1-6,8-11,19-21H,7,12-16,26H2,(H,27,32)(H,28,31)(H,33,34). The Balaban J connectivity index is 1.63. The second-order valence-corrected chi connectivity index (χ2v) is 8.35. The van der Waals surface area contributed by atoms with Crippen molar-refractivity contribution in [2.24, 2.45) is 5.73 Å². The molecule has 3 rings (SSSR count). The van der Waals surface area contributed by atoms with E-state index in [4.69, 9.17) is 5.73 Å². The van der Waals surface area contributed by atoms with Crippen LogP contribution in [0.3, 0.4) is 0 Å². The Bertz CT molecular complexity index is 999. The van der Waals surface area contributed by atoms with Gasteiger partial charge >= 0.3 is 5.97 Å². The molecule has 0 aromatic heterocycles. The molecule has 1 heterocycles. The lowest BCUT2D eigenvalue weighted by atomic mass is 10.0. The molecule has 2 aromatic carbocycles. The molecule has 3 amide bonds. The highest BCUT2D eigenvalue weighted by Gasteiger charge is 2.34. The fraction of sp³-hybridized carbons (Fsp3) is 0.360. The molecule has 5 N–H and O–H groups in total. The molecule has 1 aliphatic rings. The number of nitrogens with two attached hydrogens (primary N) is 1. The third-order valence-corrected chi connectivity index (χ3v) is 5.82. The molecule has 3 atom stereocenters. The van der Waals surface area contributed by atoms with Crippen molar-refractivity contribution in [3.05, 3.63) is 71.8 Å². The van der Waals surface area contributed by atoms with Crippen LogP contribution in [0.25, 0.3) is 0 Å². The molecule has 0 saturated carbocycles. The number of nitrogens with zero attached hydrogens (tertiary/aromatic N) is 1. The van der Waals surface area contributed by atoms with Crippen molar-refractivity contribution in [1.82, 2.24) is 15.5 Å². The van der Waals surface area contributed by atoms with Gasteiger partial charge in [-0.1, -0.05) is 60.7 Å². The SMILES string of the molecule is NC(Cc1ccccc1)C(=O)NC(Cc1ccccc1)C(=O)NCC(=O)N1CCCC1C(=O)O. The molecule has 2 aromatic rings. The third kappa shape index (κ3) is 6.89. The monoisotopic (exact) mass is 466 g/mol. The number of carboxylic acids is 1. The smallest absolute Gasteiger partial charge is 0.326 e. The Morgan fingerprint density at radius 2 is 1.53 bits per heavy atom. The van der Waals surface area contributed by atoms with E-state index in [9.17, 15) is 24.3 Å². The van der Waals surface area contributed by atoms with Gasteiger partial charge in [-0.3, -0.25) is 14.4 Å². The van der Waals surface area contributed by atoms with Crippen molar-refractivity contribution in [3.8, 4) is 0 Å². The number of carbonyl (C=O) groups excluding carboxylic acids is 3. The second-order valence-electron chi connectivity index (χ2n) is 8.35. The summed E-state index contributed by atoms with van der Waals surface area (Å²) in [6, 6.07) is 15.8. The zero-order chi connectivity index (χ0) is 24.5. The molecule has 1 fully saturated rings. The van der Waals surface area contributed by atoms with Crippen LogP contribution < -0.4 is 16.4 Å². The van der Waals surface area contributed by atoms with Crippen LogP contribution in [0.5, 0.6) is 0 Å². The number of carbonyl (C=O) groups is 4. The second kappa shape index (κ2) is 11.9. The van der Waals surface area contributed by atoms with Gasteiger partial charge in [-0.2, -0.15) is 0 Å². The summed E-state index contributed by atoms with van der Waals surface area (Å²) < 4.78 is 0. The van der Waals surface area contributed by atoms with Crippen LogP contribution in [-0.2, 0) is 32.0 Å². The molecule has 180 valence electrons. The fourth-order valence-electron chi connectivity index (χ4n) is 4.01. The molecule has 0 aliphatic carbocycles. The highest BCUT2D eigenvalue weighted by Crippen LogP contribution is 2.17. The maximum absolute atomic E-state index is 12.9. The molecular weight excluding hydrogens is 436 g/mol. The van der Waals surface area contributed by atoms with E-state index in [0.717, 1.165) is 11.1 Å². The maximum atomic E-state index is 12.9. The third-order valence-electron chi connectivity index (χ3n) is 5.82. The van der Waals surface area contributed by atoms with Gasteiger partial charge in [-0.15, -0.1) is 0 Å². The lowest BCUT2D eigenvalue weighted by Gasteiger charge is -2.23. The van der Waals surface area contributed by atoms with Gasteiger partial charge in [0.05, 0.1) is 12.6 Å². The van der Waals surface area contributed by atoms with Gasteiger partial charge in [-0.05, 0) is 30.4 Å². The first-order chi connectivity index (χ1) is 16.3. The van der Waals surface area contributed by atoms with Gasteiger partial charge in [0.1, 0.15) is 12.1 Å². The van der Waals surface area contributed by atoms with E-state index in [1.165, 1.54) is 4.90 Å². The van der Waals surface area contributed by atoms with E-state index in [0.29, 0.717) is 25.8 Å². The molecule has 0 spiro atoms. The minimum atomic E-state index is -1.06. The van der Waals surface area contributed by atoms with Crippen LogP contribution in [0, 0.1) is 0 Å². The van der Waals surface area contributed by atoms with E-state index in [-0.39, 0.29) is 13.0 Å². The summed E-state index contributed by atoms with van der Waals surface area (Å²) in [4.78, 5) is 50.8. The van der Waals surface area contributed by atoms with Gasteiger partial charge in [0.2, 0.25) is 17.7 Å². The lowest BCUT2D eigenvalue weighted by Crippen LogP contribution is -2.54. The highest BCUT2D eigenvalue weighted by atomic mass is 16.4. The summed E-state index contributed by atoms with van der Waals surface area (Å²) in [5, 5.41) is 14.5. The van der Waals surface area contributed by atoms with Crippen LogP contribution in [-0.4, -0.2) is 64.9 Å². The zero-order valence-electron chi connectivity index (χ0n) is 18.9. The van der Waals surface area contributed by atoms with Gasteiger partial charge in [-0.25, -0.2) is 4.79 Å². The van der Waals surface area contributed by atoms with Gasteiger partial charge in [0.25, 0.3) is 0 Å². The number of benzene rings is 2. The van der Waals surface area contributed by atoms with Crippen molar-refractivity contribution in [1.29, 1.82) is 0 Å². The quantitative estimate of drug-likeness (QED) is 0.401. The van der Waals surface area contributed by atoms with E-state index in [1.54, 1.807) is 0 Å². The van der Waals surface area contributed by atoms with Gasteiger partial charge < -0.3 is 26.4 Å². The van der Waals surface area contributed by atoms with Crippen molar-refractivity contribution in [3.63, 3.8) is 0 Å².